The van der Waals surface area contributed by atoms with Crippen molar-refractivity contribution in [1.29, 1.82) is 0 Å². The zero-order chi connectivity index (χ0) is 55.5. The van der Waals surface area contributed by atoms with Gasteiger partial charge >= 0.3 is 25.7 Å². The highest BCUT2D eigenvalue weighted by atomic mass is 31.2. The Balaban J connectivity index is 4.74. The number of hydrogen-bond donors (Lipinski definition) is 2. The second kappa shape index (κ2) is 58.1. The molecule has 76 heavy (non-hydrogen) atoms. The number of phosphoric acid groups is 1. The van der Waals surface area contributed by atoms with E-state index >= 15 is 0 Å². The first-order valence-electron chi connectivity index (χ1n) is 30.8. The third-order valence-electron chi connectivity index (χ3n) is 13.1. The molecule has 0 radical (unpaired) electrons. The molecule has 0 spiro atoms. The summed E-state index contributed by atoms with van der Waals surface area (Å²) in [4.78, 5) is 48.7. The van der Waals surface area contributed by atoms with E-state index in [0.717, 1.165) is 109 Å². The molecule has 0 aromatic rings. The molecular formula is C64H113O11P. The summed E-state index contributed by atoms with van der Waals surface area (Å²) < 4.78 is 39.6. The quantitative estimate of drug-likeness (QED) is 0.0197. The molecule has 12 heteroatoms. The summed E-state index contributed by atoms with van der Waals surface area (Å²) in [5.74, 6) is -1.48. The van der Waals surface area contributed by atoms with Gasteiger partial charge in [-0.05, 0) is 109 Å². The molecule has 0 rings (SSSR count). The van der Waals surface area contributed by atoms with Gasteiger partial charge in [0.2, 0.25) is 0 Å². The van der Waals surface area contributed by atoms with Crippen molar-refractivity contribution in [3.63, 3.8) is 0 Å². The minimum Gasteiger partial charge on any atom is -0.462 e. The van der Waals surface area contributed by atoms with Crippen LogP contribution in [0.4, 0.5) is 0 Å². The molecule has 0 aliphatic rings. The molecule has 0 aromatic heterocycles. The highest BCUT2D eigenvalue weighted by Crippen LogP contribution is 2.43. The second-order valence-electron chi connectivity index (χ2n) is 20.5. The summed E-state index contributed by atoms with van der Waals surface area (Å²) >= 11 is 0. The number of unbranched alkanes of at least 4 members (excludes halogenated alkanes) is 28. The third kappa shape index (κ3) is 55.7. The largest absolute Gasteiger partial charge is 0.472 e. The first-order valence-corrected chi connectivity index (χ1v) is 32.3. The van der Waals surface area contributed by atoms with Crippen LogP contribution in [-0.2, 0) is 42.2 Å². The smallest absolute Gasteiger partial charge is 0.462 e. The van der Waals surface area contributed by atoms with Crippen molar-refractivity contribution in [2.45, 2.75) is 290 Å². The molecule has 3 atom stereocenters. The van der Waals surface area contributed by atoms with Gasteiger partial charge in [0, 0.05) is 19.3 Å². The number of hydrogen-bond acceptors (Lipinski definition) is 10. The van der Waals surface area contributed by atoms with Gasteiger partial charge in [0.25, 0.3) is 0 Å². The highest BCUT2D eigenvalue weighted by Gasteiger charge is 2.28. The maximum Gasteiger partial charge on any atom is 0.472 e. The average Bonchev–Trinajstić information content (AvgIpc) is 3.41. The van der Waals surface area contributed by atoms with Crippen molar-refractivity contribution in [3.05, 3.63) is 72.9 Å². The monoisotopic (exact) mass is 1090 g/mol. The van der Waals surface area contributed by atoms with E-state index in [1.54, 1.807) is 0 Å². The van der Waals surface area contributed by atoms with E-state index in [0.29, 0.717) is 19.3 Å². The van der Waals surface area contributed by atoms with Crippen LogP contribution in [0.1, 0.15) is 278 Å². The van der Waals surface area contributed by atoms with Crippen molar-refractivity contribution in [3.8, 4) is 0 Å². The molecule has 0 saturated heterocycles. The van der Waals surface area contributed by atoms with Crippen molar-refractivity contribution in [2.75, 3.05) is 26.4 Å². The fraction of sp³-hybridized carbons (Fsp3) is 0.766. The zero-order valence-electron chi connectivity index (χ0n) is 48.7. The van der Waals surface area contributed by atoms with E-state index in [1.165, 1.54) is 109 Å². The number of esters is 3. The van der Waals surface area contributed by atoms with Gasteiger partial charge in [-0.1, -0.05) is 222 Å². The van der Waals surface area contributed by atoms with Crippen LogP contribution < -0.4 is 0 Å². The summed E-state index contributed by atoms with van der Waals surface area (Å²) in [5, 5.41) is 9.82. The number of aliphatic hydroxyl groups excluding tert-OH is 1. The lowest BCUT2D eigenvalue weighted by Gasteiger charge is -2.21. The number of carbonyl (C=O) groups is 3. The SMILES string of the molecule is CCC/C=C\C/C=C\CCCCCCCC(=O)OC(CO)COP(=O)(O)OCC(COC(=O)CCCCCCCCC/C=C\C/C=C\CCCCC)OC(=O)CCCCCCCCCCC/C=C\C/C=C\CCCCC. The molecule has 2 N–H and O–H groups in total. The first kappa shape index (κ1) is 72.9. The Morgan fingerprint density at radius 3 is 1.03 bits per heavy atom. The molecule has 11 nitrogen and oxygen atoms in total. The number of carbonyl (C=O) groups excluding carboxylic acids is 3. The van der Waals surface area contributed by atoms with Crippen molar-refractivity contribution >= 4 is 25.7 Å². The van der Waals surface area contributed by atoms with Gasteiger partial charge < -0.3 is 24.2 Å². The lowest BCUT2D eigenvalue weighted by Crippen LogP contribution is -2.30. The molecule has 0 aliphatic heterocycles. The Labute approximate surface area is 465 Å². The molecule has 0 aromatic carbocycles. The Morgan fingerprint density at radius 2 is 0.671 bits per heavy atom. The summed E-state index contributed by atoms with van der Waals surface area (Å²) in [6, 6.07) is 0. The van der Waals surface area contributed by atoms with Gasteiger partial charge in [-0.25, -0.2) is 4.57 Å². The lowest BCUT2D eigenvalue weighted by molar-refractivity contribution is -0.161. The molecule has 0 aliphatic carbocycles. The molecule has 0 heterocycles. The van der Waals surface area contributed by atoms with Gasteiger partial charge in [-0.3, -0.25) is 23.4 Å². The Bertz CT molecular complexity index is 1550. The van der Waals surface area contributed by atoms with Crippen molar-refractivity contribution < 1.29 is 52.2 Å². The number of ether oxygens (including phenoxy) is 3. The molecule has 3 unspecified atom stereocenters. The van der Waals surface area contributed by atoms with Gasteiger partial charge in [0.05, 0.1) is 19.8 Å². The topological polar surface area (TPSA) is 155 Å². The molecule has 440 valence electrons. The molecule has 0 saturated carbocycles. The lowest BCUT2D eigenvalue weighted by atomic mass is 10.1. The van der Waals surface area contributed by atoms with Crippen LogP contribution in [0, 0.1) is 0 Å². The van der Waals surface area contributed by atoms with Crippen molar-refractivity contribution in [2.24, 2.45) is 0 Å². The van der Waals surface area contributed by atoms with Crippen LogP contribution in [0.25, 0.3) is 0 Å². The number of rotatable bonds is 57. The fourth-order valence-electron chi connectivity index (χ4n) is 8.34. The second-order valence-corrected chi connectivity index (χ2v) is 22.0. The van der Waals surface area contributed by atoms with E-state index < -0.39 is 57.8 Å². The Hall–Kier alpha value is -3.08. The summed E-state index contributed by atoms with van der Waals surface area (Å²) in [6.07, 6.45) is 65.6. The highest BCUT2D eigenvalue weighted by molar-refractivity contribution is 7.47. The first-order chi connectivity index (χ1) is 37.2. The number of phosphoric ester groups is 1. The van der Waals surface area contributed by atoms with Crippen LogP contribution in [0.3, 0.4) is 0 Å². The maximum atomic E-state index is 12.9. The van der Waals surface area contributed by atoms with Crippen LogP contribution in [0.15, 0.2) is 72.9 Å². The van der Waals surface area contributed by atoms with Crippen molar-refractivity contribution in [1.82, 2.24) is 0 Å². The summed E-state index contributed by atoms with van der Waals surface area (Å²) in [7, 11) is -4.76. The van der Waals surface area contributed by atoms with Crippen LogP contribution in [-0.4, -0.2) is 66.5 Å². The van der Waals surface area contributed by atoms with Gasteiger partial charge in [0.15, 0.2) is 6.10 Å². The van der Waals surface area contributed by atoms with Gasteiger partial charge in [-0.2, -0.15) is 0 Å². The van der Waals surface area contributed by atoms with Crippen LogP contribution in [0.5, 0.6) is 0 Å². The average molecular weight is 1090 g/mol. The van der Waals surface area contributed by atoms with Gasteiger partial charge in [-0.15, -0.1) is 0 Å². The van der Waals surface area contributed by atoms with Crippen LogP contribution in [0.2, 0.25) is 0 Å². The Kier molecular flexibility index (Phi) is 55.7. The minimum absolute atomic E-state index is 0.159. The number of aliphatic hydroxyl groups is 1. The predicted molar refractivity (Wildman–Crippen MR) is 316 cm³/mol. The normalized spacial score (nSPS) is 13.8. The molecular weight excluding hydrogens is 976 g/mol. The zero-order valence-corrected chi connectivity index (χ0v) is 49.6. The third-order valence-corrected chi connectivity index (χ3v) is 14.0. The number of allylic oxidation sites excluding steroid dienone is 12. The standard InChI is InChI=1S/C64H113O11P/c1-4-7-10-13-16-19-22-25-27-29-30-32-34-37-40-43-46-49-52-55-64(68)75-61(57-71-62(66)53-50-47-44-41-38-36-33-31-28-26-23-20-17-14-11-8-5-2)59-73-76(69,70)72-58-60(56-65)74-63(67)54-51-48-45-42-39-35-24-21-18-15-12-9-6-3/h12,15-17,19-21,24-28,60-61,65H,4-11,13-14,18,22-23,29-59H2,1-3H3,(H,69,70)/b15-12-,19-16-,20-17-,24-21-,27-25-,28-26-. The Morgan fingerprint density at radius 1 is 0.368 bits per heavy atom. The summed E-state index contributed by atoms with van der Waals surface area (Å²) in [6.45, 7) is 4.53. The minimum atomic E-state index is -4.76. The molecule has 0 bridgehead atoms. The van der Waals surface area contributed by atoms with E-state index in [1.807, 2.05) is 0 Å². The van der Waals surface area contributed by atoms with E-state index in [4.69, 9.17) is 23.3 Å². The fourth-order valence-corrected chi connectivity index (χ4v) is 9.12. The predicted octanol–water partition coefficient (Wildman–Crippen LogP) is 18.5. The molecule has 0 amide bonds. The summed E-state index contributed by atoms with van der Waals surface area (Å²) in [5.41, 5.74) is 0. The van der Waals surface area contributed by atoms with E-state index in [2.05, 4.69) is 93.7 Å². The van der Waals surface area contributed by atoms with Gasteiger partial charge in [0.1, 0.15) is 12.7 Å². The van der Waals surface area contributed by atoms with E-state index in [9.17, 15) is 28.9 Å². The maximum absolute atomic E-state index is 12.9. The van der Waals surface area contributed by atoms with Crippen LogP contribution >= 0.6 is 7.82 Å². The molecule has 0 fully saturated rings. The van der Waals surface area contributed by atoms with E-state index in [-0.39, 0.29) is 25.9 Å².